The number of hydrogen-bond donors (Lipinski definition) is 2. The molecule has 0 saturated heterocycles. The van der Waals surface area contributed by atoms with Crippen LogP contribution in [0.25, 0.3) is 11.3 Å². The van der Waals surface area contributed by atoms with Crippen molar-refractivity contribution in [3.8, 4) is 11.3 Å². The van der Waals surface area contributed by atoms with Crippen molar-refractivity contribution in [3.05, 3.63) is 124 Å². The van der Waals surface area contributed by atoms with Gasteiger partial charge < -0.3 is 9.73 Å². The number of rotatable bonds is 9. The maximum atomic E-state index is 12.7. The van der Waals surface area contributed by atoms with Gasteiger partial charge in [-0.25, -0.2) is 5.43 Å². The second-order valence-electron chi connectivity index (χ2n) is 8.26. The molecule has 1 aromatic heterocycles. The highest BCUT2D eigenvalue weighted by atomic mass is 16.6. The number of hydrogen-bond acceptors (Lipinski definition) is 6. The van der Waals surface area contributed by atoms with E-state index < -0.39 is 16.9 Å². The topological polar surface area (TPSA) is 127 Å². The van der Waals surface area contributed by atoms with Crippen molar-refractivity contribution in [1.82, 2.24) is 10.7 Å². The van der Waals surface area contributed by atoms with Gasteiger partial charge in [0.15, 0.2) is 0 Å². The molecule has 0 spiro atoms. The molecule has 0 unspecified atom stereocenters. The van der Waals surface area contributed by atoms with Crippen molar-refractivity contribution in [2.24, 2.45) is 5.10 Å². The van der Waals surface area contributed by atoms with Crippen LogP contribution < -0.4 is 10.7 Å². The van der Waals surface area contributed by atoms with Gasteiger partial charge >= 0.3 is 0 Å². The number of carbonyl (C=O) groups is 2. The maximum absolute atomic E-state index is 12.7. The molecular weight excluding hydrogens is 472 g/mol. The molecule has 3 aromatic carbocycles. The Morgan fingerprint density at radius 1 is 1.00 bits per heavy atom. The monoisotopic (exact) mass is 496 g/mol. The zero-order chi connectivity index (χ0) is 26.2. The molecule has 0 aliphatic heterocycles. The zero-order valence-corrected chi connectivity index (χ0v) is 20.0. The number of carbonyl (C=O) groups excluding carboxylic acids is 2. The first kappa shape index (κ1) is 25.1. The lowest BCUT2D eigenvalue weighted by Gasteiger charge is -2.18. The van der Waals surface area contributed by atoms with E-state index in [2.05, 4.69) is 15.8 Å². The number of amides is 2. The first-order valence-electron chi connectivity index (χ1n) is 11.5. The van der Waals surface area contributed by atoms with Crippen LogP contribution in [0.4, 0.5) is 5.69 Å². The molecule has 4 aromatic rings. The van der Waals surface area contributed by atoms with Gasteiger partial charge in [-0.3, -0.25) is 19.7 Å². The molecule has 0 aliphatic carbocycles. The van der Waals surface area contributed by atoms with E-state index in [9.17, 15) is 19.7 Å². The van der Waals surface area contributed by atoms with Crippen LogP contribution in [0.2, 0.25) is 0 Å². The van der Waals surface area contributed by atoms with Gasteiger partial charge in [0, 0.05) is 23.3 Å². The summed E-state index contributed by atoms with van der Waals surface area (Å²) in [5, 5.41) is 18.0. The van der Waals surface area contributed by atoms with Crippen LogP contribution >= 0.6 is 0 Å². The van der Waals surface area contributed by atoms with E-state index in [0.29, 0.717) is 22.6 Å². The van der Waals surface area contributed by atoms with Gasteiger partial charge in [0.25, 0.3) is 11.6 Å². The predicted molar refractivity (Wildman–Crippen MR) is 139 cm³/mol. The first-order chi connectivity index (χ1) is 17.9. The molecule has 9 heteroatoms. The Balaban J connectivity index is 1.41. The molecule has 37 heavy (non-hydrogen) atoms. The van der Waals surface area contributed by atoms with Crippen molar-refractivity contribution in [2.45, 2.75) is 19.4 Å². The minimum Gasteiger partial charge on any atom is -0.455 e. The van der Waals surface area contributed by atoms with E-state index >= 15 is 0 Å². The summed E-state index contributed by atoms with van der Waals surface area (Å²) < 4.78 is 5.74. The number of nitrogens with zero attached hydrogens (tertiary/aromatic N) is 2. The standard InChI is InChI=1S/C28H24N4O5/c1-19-12-13-22(32(35)36)16-24(19)26-15-14-23(37-26)18-29-31-27(33)17-25(20-8-4-2-5-9-20)30-28(34)21-10-6-3-7-11-21/h2-16,18,25H,17H2,1H3,(H,30,34)(H,31,33)/b29-18-/t25-/m1/s1. The molecule has 0 radical (unpaired) electrons. The number of nitro benzene ring substituents is 1. The summed E-state index contributed by atoms with van der Waals surface area (Å²) in [6.07, 6.45) is 1.31. The van der Waals surface area contributed by atoms with Crippen molar-refractivity contribution >= 4 is 23.7 Å². The normalized spacial score (nSPS) is 11.7. The minimum atomic E-state index is -0.559. The van der Waals surface area contributed by atoms with Gasteiger partial charge in [0.2, 0.25) is 5.91 Å². The fraction of sp³-hybridized carbons (Fsp3) is 0.107. The average Bonchev–Trinajstić information content (AvgIpc) is 3.38. The van der Waals surface area contributed by atoms with Crippen LogP contribution in [-0.2, 0) is 4.79 Å². The molecule has 0 aliphatic rings. The molecule has 0 fully saturated rings. The Kier molecular flexibility index (Phi) is 7.85. The van der Waals surface area contributed by atoms with E-state index in [1.165, 1.54) is 18.3 Å². The first-order valence-corrected chi connectivity index (χ1v) is 11.5. The van der Waals surface area contributed by atoms with Crippen LogP contribution in [0.3, 0.4) is 0 Å². The molecule has 0 saturated carbocycles. The van der Waals surface area contributed by atoms with Crippen LogP contribution in [0.5, 0.6) is 0 Å². The lowest BCUT2D eigenvalue weighted by molar-refractivity contribution is -0.384. The molecule has 186 valence electrons. The number of nitrogens with one attached hydrogen (secondary N) is 2. The Hall–Kier alpha value is -5.05. The number of non-ortho nitro benzene ring substituents is 1. The summed E-state index contributed by atoms with van der Waals surface area (Å²) in [7, 11) is 0. The van der Waals surface area contributed by atoms with Crippen molar-refractivity contribution < 1.29 is 18.9 Å². The predicted octanol–water partition coefficient (Wildman–Crippen LogP) is 5.17. The molecule has 0 bridgehead atoms. The fourth-order valence-corrected chi connectivity index (χ4v) is 3.72. The molecule has 9 nitrogen and oxygen atoms in total. The summed E-state index contributed by atoms with van der Waals surface area (Å²) in [6.45, 7) is 1.83. The Bertz CT molecular complexity index is 1430. The smallest absolute Gasteiger partial charge is 0.270 e. The number of aryl methyl sites for hydroxylation is 1. The number of furan rings is 1. The Labute approximate surface area is 213 Å². The summed E-state index contributed by atoms with van der Waals surface area (Å²) in [6, 6.07) is 25.3. The number of nitro groups is 1. The van der Waals surface area contributed by atoms with Gasteiger partial charge in [-0.15, -0.1) is 0 Å². The van der Waals surface area contributed by atoms with Crippen LogP contribution in [0.1, 0.15) is 39.7 Å². The van der Waals surface area contributed by atoms with E-state index in [0.717, 1.165) is 11.1 Å². The van der Waals surface area contributed by atoms with Gasteiger partial charge in [-0.1, -0.05) is 54.6 Å². The highest BCUT2D eigenvalue weighted by Crippen LogP contribution is 2.28. The van der Waals surface area contributed by atoms with E-state index in [4.69, 9.17) is 4.42 Å². The largest absolute Gasteiger partial charge is 0.455 e. The molecular formula is C28H24N4O5. The Morgan fingerprint density at radius 2 is 1.70 bits per heavy atom. The molecule has 1 atom stereocenters. The molecule has 4 rings (SSSR count). The van der Waals surface area contributed by atoms with E-state index in [1.54, 1.807) is 42.5 Å². The molecule has 2 N–H and O–H groups in total. The van der Waals surface area contributed by atoms with E-state index in [1.807, 2.05) is 43.3 Å². The highest BCUT2D eigenvalue weighted by Gasteiger charge is 2.19. The average molecular weight is 497 g/mol. The summed E-state index contributed by atoms with van der Waals surface area (Å²) in [5.74, 6) is 0.116. The van der Waals surface area contributed by atoms with E-state index in [-0.39, 0.29) is 18.0 Å². The van der Waals surface area contributed by atoms with Gasteiger partial charge in [-0.05, 0) is 42.3 Å². The lowest BCUT2D eigenvalue weighted by atomic mass is 10.0. The second-order valence-corrected chi connectivity index (χ2v) is 8.26. The SMILES string of the molecule is Cc1ccc([N+](=O)[O-])cc1-c1ccc(/C=N\NC(=O)C[C@@H](NC(=O)c2ccccc2)c2ccccc2)o1. The lowest BCUT2D eigenvalue weighted by Crippen LogP contribution is -2.32. The zero-order valence-electron chi connectivity index (χ0n) is 20.0. The quantitative estimate of drug-likeness (QED) is 0.188. The number of hydrazone groups is 1. The summed E-state index contributed by atoms with van der Waals surface area (Å²) in [5.41, 5.74) is 5.12. The third-order valence-electron chi connectivity index (χ3n) is 5.64. The van der Waals surface area contributed by atoms with Gasteiger partial charge in [0.1, 0.15) is 11.5 Å². The van der Waals surface area contributed by atoms with Gasteiger partial charge in [0.05, 0.1) is 23.6 Å². The summed E-state index contributed by atoms with van der Waals surface area (Å²) in [4.78, 5) is 36.0. The summed E-state index contributed by atoms with van der Waals surface area (Å²) >= 11 is 0. The molecule has 2 amide bonds. The third-order valence-corrected chi connectivity index (χ3v) is 5.64. The van der Waals surface area contributed by atoms with Crippen molar-refractivity contribution in [2.75, 3.05) is 0 Å². The Morgan fingerprint density at radius 3 is 2.41 bits per heavy atom. The van der Waals surface area contributed by atoms with Crippen LogP contribution in [-0.4, -0.2) is 23.0 Å². The third kappa shape index (κ3) is 6.55. The molecule has 1 heterocycles. The second kappa shape index (κ2) is 11.6. The van der Waals surface area contributed by atoms with Crippen LogP contribution in [0.15, 0.2) is 101 Å². The maximum Gasteiger partial charge on any atom is 0.270 e. The minimum absolute atomic E-state index is 0.0315. The van der Waals surface area contributed by atoms with Crippen LogP contribution in [0, 0.1) is 17.0 Å². The van der Waals surface area contributed by atoms with Crippen molar-refractivity contribution in [3.63, 3.8) is 0 Å². The van der Waals surface area contributed by atoms with Crippen molar-refractivity contribution in [1.29, 1.82) is 0 Å². The fourth-order valence-electron chi connectivity index (χ4n) is 3.72. The number of benzene rings is 3. The van der Waals surface area contributed by atoms with Gasteiger partial charge in [-0.2, -0.15) is 5.10 Å². The highest BCUT2D eigenvalue weighted by molar-refractivity contribution is 5.94.